The summed E-state index contributed by atoms with van der Waals surface area (Å²) in [5.41, 5.74) is 0. The summed E-state index contributed by atoms with van der Waals surface area (Å²) in [4.78, 5) is 10.7. The van der Waals surface area contributed by atoms with Gasteiger partial charge in [-0.3, -0.25) is 4.79 Å². The number of carbonyl (C=O) groups is 1. The Morgan fingerprint density at radius 3 is 2.50 bits per heavy atom. The van der Waals surface area contributed by atoms with Crippen molar-refractivity contribution in [1.82, 2.24) is 4.72 Å². The van der Waals surface area contributed by atoms with Crippen molar-refractivity contribution in [2.75, 3.05) is 6.54 Å². The number of aliphatic carboxylic acids is 1. The summed E-state index contributed by atoms with van der Waals surface area (Å²) in [6.45, 7) is 1.57. The summed E-state index contributed by atoms with van der Waals surface area (Å²) in [6.07, 6.45) is 0.750. The van der Waals surface area contributed by atoms with Crippen LogP contribution in [0.4, 0.5) is 0 Å². The van der Waals surface area contributed by atoms with Gasteiger partial charge >= 0.3 is 5.97 Å². The molecular formula is C6H11NO4S. The van der Waals surface area contributed by atoms with Gasteiger partial charge < -0.3 is 5.11 Å². The van der Waals surface area contributed by atoms with Crippen LogP contribution in [0.5, 0.6) is 0 Å². The first-order chi connectivity index (χ1) is 5.40. The Bertz CT molecular complexity index is 297. The van der Waals surface area contributed by atoms with Crippen LogP contribution in [-0.2, 0) is 14.8 Å². The van der Waals surface area contributed by atoms with Crippen molar-refractivity contribution >= 4 is 16.0 Å². The fourth-order valence-corrected chi connectivity index (χ4v) is 2.52. The smallest absolute Gasteiger partial charge is 0.326 e. The number of rotatable bonds is 1. The van der Waals surface area contributed by atoms with Crippen LogP contribution in [0, 0.1) is 0 Å². The highest BCUT2D eigenvalue weighted by Gasteiger charge is 2.48. The second-order valence-corrected chi connectivity index (χ2v) is 5.23. The molecule has 0 saturated carbocycles. The van der Waals surface area contributed by atoms with E-state index in [0.717, 1.165) is 0 Å². The Balaban J connectivity index is 3.09. The third-order valence-corrected chi connectivity index (χ3v) is 4.32. The first-order valence-electron chi connectivity index (χ1n) is 3.63. The SMILES string of the molecule is CC1(C(=O)O)CCCNS1(=O)=O. The summed E-state index contributed by atoms with van der Waals surface area (Å²) >= 11 is 0. The van der Waals surface area contributed by atoms with Gasteiger partial charge in [-0.2, -0.15) is 0 Å². The van der Waals surface area contributed by atoms with Crippen LogP contribution >= 0.6 is 0 Å². The highest BCUT2D eigenvalue weighted by Crippen LogP contribution is 2.25. The molecule has 6 heteroatoms. The van der Waals surface area contributed by atoms with Crippen molar-refractivity contribution in [2.45, 2.75) is 24.5 Å². The van der Waals surface area contributed by atoms with Gasteiger partial charge in [0.25, 0.3) is 0 Å². The van der Waals surface area contributed by atoms with E-state index in [1.807, 2.05) is 0 Å². The molecule has 1 unspecified atom stereocenters. The normalized spacial score (nSPS) is 34.4. The molecule has 0 spiro atoms. The zero-order valence-electron chi connectivity index (χ0n) is 6.70. The molecular weight excluding hydrogens is 182 g/mol. The van der Waals surface area contributed by atoms with E-state index in [1.165, 1.54) is 6.92 Å². The number of hydrogen-bond donors (Lipinski definition) is 2. The Labute approximate surface area is 70.8 Å². The molecule has 5 nitrogen and oxygen atoms in total. The van der Waals surface area contributed by atoms with Crippen molar-refractivity contribution in [1.29, 1.82) is 0 Å². The lowest BCUT2D eigenvalue weighted by molar-refractivity contribution is -0.140. The van der Waals surface area contributed by atoms with E-state index in [-0.39, 0.29) is 6.42 Å². The maximum Gasteiger partial charge on any atom is 0.326 e. The third kappa shape index (κ3) is 1.21. The second-order valence-electron chi connectivity index (χ2n) is 3.04. The molecule has 0 aromatic heterocycles. The monoisotopic (exact) mass is 193 g/mol. The lowest BCUT2D eigenvalue weighted by atomic mass is 10.1. The molecule has 1 heterocycles. The molecule has 0 aromatic carbocycles. The van der Waals surface area contributed by atoms with Crippen molar-refractivity contribution in [3.63, 3.8) is 0 Å². The summed E-state index contributed by atoms with van der Waals surface area (Å²) in [7, 11) is -3.67. The quantitative estimate of drug-likeness (QED) is 0.590. The minimum atomic E-state index is -3.67. The van der Waals surface area contributed by atoms with Crippen LogP contribution in [0.15, 0.2) is 0 Å². The molecule has 2 N–H and O–H groups in total. The third-order valence-electron chi connectivity index (χ3n) is 2.17. The molecule has 12 heavy (non-hydrogen) atoms. The lowest BCUT2D eigenvalue weighted by Gasteiger charge is -2.29. The van der Waals surface area contributed by atoms with Gasteiger partial charge in [0.15, 0.2) is 4.75 Å². The topological polar surface area (TPSA) is 83.5 Å². The van der Waals surface area contributed by atoms with Gasteiger partial charge in [-0.05, 0) is 19.8 Å². The molecule has 70 valence electrons. The maximum absolute atomic E-state index is 11.3. The minimum absolute atomic E-state index is 0.178. The van der Waals surface area contributed by atoms with Crippen LogP contribution in [0.3, 0.4) is 0 Å². The summed E-state index contributed by atoms with van der Waals surface area (Å²) in [5.74, 6) is -1.28. The maximum atomic E-state index is 11.3. The van der Waals surface area contributed by atoms with Crippen molar-refractivity contribution in [3.8, 4) is 0 Å². The zero-order valence-corrected chi connectivity index (χ0v) is 7.52. The molecule has 1 fully saturated rings. The van der Waals surface area contributed by atoms with Gasteiger partial charge in [-0.15, -0.1) is 0 Å². The van der Waals surface area contributed by atoms with E-state index in [2.05, 4.69) is 4.72 Å². The number of sulfonamides is 1. The fourth-order valence-electron chi connectivity index (χ4n) is 1.15. The Hall–Kier alpha value is -0.620. The predicted octanol–water partition coefficient (Wildman–Crippen LogP) is -0.457. The first kappa shape index (κ1) is 9.47. The van der Waals surface area contributed by atoms with Crippen LogP contribution in [0.2, 0.25) is 0 Å². The van der Waals surface area contributed by atoms with E-state index in [4.69, 9.17) is 5.11 Å². The van der Waals surface area contributed by atoms with E-state index < -0.39 is 20.7 Å². The van der Waals surface area contributed by atoms with E-state index >= 15 is 0 Å². The van der Waals surface area contributed by atoms with Crippen LogP contribution in [0.1, 0.15) is 19.8 Å². The van der Waals surface area contributed by atoms with E-state index in [0.29, 0.717) is 13.0 Å². The highest BCUT2D eigenvalue weighted by atomic mass is 32.2. The zero-order chi connectivity index (χ0) is 9.41. The molecule has 1 atom stereocenters. The lowest BCUT2D eigenvalue weighted by Crippen LogP contribution is -2.53. The van der Waals surface area contributed by atoms with Gasteiger partial charge in [0, 0.05) is 6.54 Å². The van der Waals surface area contributed by atoms with Crippen LogP contribution in [0.25, 0.3) is 0 Å². The van der Waals surface area contributed by atoms with Gasteiger partial charge in [0.05, 0.1) is 0 Å². The highest BCUT2D eigenvalue weighted by molar-refractivity contribution is 7.91. The minimum Gasteiger partial charge on any atom is -0.480 e. The second kappa shape index (κ2) is 2.70. The molecule has 1 saturated heterocycles. The Morgan fingerprint density at radius 2 is 2.17 bits per heavy atom. The fraction of sp³-hybridized carbons (Fsp3) is 0.833. The van der Waals surface area contributed by atoms with E-state index in [1.54, 1.807) is 0 Å². The van der Waals surface area contributed by atoms with Gasteiger partial charge in [0.1, 0.15) is 0 Å². The van der Waals surface area contributed by atoms with Crippen LogP contribution < -0.4 is 4.72 Å². The van der Waals surface area contributed by atoms with Crippen molar-refractivity contribution in [3.05, 3.63) is 0 Å². The first-order valence-corrected chi connectivity index (χ1v) is 5.11. The average molecular weight is 193 g/mol. The molecule has 1 rings (SSSR count). The standard InChI is InChI=1S/C6H11NO4S/c1-6(5(8)9)3-2-4-7-12(6,10)11/h7H,2-4H2,1H3,(H,8,9). The number of carboxylic acid groups (broad SMARTS) is 1. The molecule has 0 aromatic rings. The number of carboxylic acids is 1. The van der Waals surface area contributed by atoms with Crippen molar-refractivity contribution in [2.24, 2.45) is 0 Å². The van der Waals surface area contributed by atoms with E-state index in [9.17, 15) is 13.2 Å². The Morgan fingerprint density at radius 1 is 1.58 bits per heavy atom. The summed E-state index contributed by atoms with van der Waals surface area (Å²) in [6, 6.07) is 0. The van der Waals surface area contributed by atoms with Gasteiger partial charge in [-0.1, -0.05) is 0 Å². The molecule has 1 aliphatic heterocycles. The van der Waals surface area contributed by atoms with Crippen LogP contribution in [-0.4, -0.2) is 30.8 Å². The summed E-state index contributed by atoms with van der Waals surface area (Å²) < 4.78 is 23.1. The van der Waals surface area contributed by atoms with Crippen molar-refractivity contribution < 1.29 is 18.3 Å². The number of hydrogen-bond acceptors (Lipinski definition) is 3. The molecule has 0 bridgehead atoms. The molecule has 0 amide bonds. The molecule has 0 aliphatic carbocycles. The summed E-state index contributed by atoms with van der Waals surface area (Å²) in [5, 5.41) is 8.71. The molecule has 0 radical (unpaired) electrons. The Kier molecular flexibility index (Phi) is 2.13. The van der Waals surface area contributed by atoms with Gasteiger partial charge in [-0.25, -0.2) is 13.1 Å². The van der Waals surface area contributed by atoms with Gasteiger partial charge in [0.2, 0.25) is 10.0 Å². The largest absolute Gasteiger partial charge is 0.480 e. The predicted molar refractivity (Wildman–Crippen MR) is 42.2 cm³/mol. The number of nitrogens with one attached hydrogen (secondary N) is 1. The molecule has 1 aliphatic rings. The average Bonchev–Trinajstić information content (AvgIpc) is 1.95.